The first kappa shape index (κ1) is 16.9. The molecule has 0 aromatic carbocycles. The Morgan fingerprint density at radius 2 is 2.23 bits per heavy atom. The van der Waals surface area contributed by atoms with Crippen LogP contribution in [0.4, 0.5) is 0 Å². The van der Waals surface area contributed by atoms with E-state index in [2.05, 4.69) is 10.4 Å². The predicted octanol–water partition coefficient (Wildman–Crippen LogP) is -0.704. The molecule has 0 saturated carbocycles. The lowest BCUT2D eigenvalue weighted by Crippen LogP contribution is -2.43. The molecule has 0 radical (unpaired) electrons. The Kier molecular flexibility index (Phi) is 5.54. The van der Waals surface area contributed by atoms with Crippen LogP contribution < -0.4 is 5.32 Å². The maximum Gasteiger partial charge on any atom is 0.222 e. The van der Waals surface area contributed by atoms with E-state index < -0.39 is 10.0 Å². The number of sulfonamides is 1. The maximum absolute atomic E-state index is 12.0. The summed E-state index contributed by atoms with van der Waals surface area (Å²) in [5.74, 6) is -0.372. The minimum Gasteiger partial charge on any atom is -0.379 e. The van der Waals surface area contributed by atoms with Crippen LogP contribution in [0, 0.1) is 5.92 Å². The Hall–Kier alpha value is -1.45. The van der Waals surface area contributed by atoms with Gasteiger partial charge in [-0.15, -0.1) is 0 Å². The summed E-state index contributed by atoms with van der Waals surface area (Å²) in [6, 6.07) is 1.53. The van der Waals surface area contributed by atoms with Crippen molar-refractivity contribution >= 4 is 15.9 Å². The van der Waals surface area contributed by atoms with Gasteiger partial charge in [0.05, 0.1) is 25.0 Å². The molecular weight excluding hydrogens is 308 g/mol. The van der Waals surface area contributed by atoms with Crippen LogP contribution >= 0.6 is 0 Å². The molecule has 0 aliphatic carbocycles. The zero-order chi connectivity index (χ0) is 16.2. The Morgan fingerprint density at radius 1 is 1.45 bits per heavy atom. The monoisotopic (exact) mass is 330 g/mol. The highest BCUT2D eigenvalue weighted by Crippen LogP contribution is 2.17. The molecule has 2 rings (SSSR count). The van der Waals surface area contributed by atoms with Gasteiger partial charge in [-0.3, -0.25) is 9.48 Å². The van der Waals surface area contributed by atoms with Crippen LogP contribution in [0.1, 0.15) is 6.42 Å². The molecule has 2 heterocycles. The van der Waals surface area contributed by atoms with Crippen LogP contribution in [0.25, 0.3) is 0 Å². The van der Waals surface area contributed by atoms with E-state index in [1.807, 2.05) is 0 Å². The van der Waals surface area contributed by atoms with E-state index in [0.29, 0.717) is 26.2 Å². The number of amides is 1. The molecule has 1 saturated heterocycles. The third kappa shape index (κ3) is 4.52. The van der Waals surface area contributed by atoms with Gasteiger partial charge in [0.2, 0.25) is 15.9 Å². The maximum atomic E-state index is 12.0. The Balaban J connectivity index is 1.84. The fourth-order valence-electron chi connectivity index (χ4n) is 2.27. The predicted molar refractivity (Wildman–Crippen MR) is 80.6 cm³/mol. The second-order valence-electron chi connectivity index (χ2n) is 5.55. The lowest BCUT2D eigenvalue weighted by Gasteiger charge is -2.21. The molecule has 8 nitrogen and oxygen atoms in total. The normalized spacial score (nSPS) is 22.1. The van der Waals surface area contributed by atoms with E-state index in [0.717, 1.165) is 0 Å². The second-order valence-corrected chi connectivity index (χ2v) is 7.78. The van der Waals surface area contributed by atoms with Gasteiger partial charge in [-0.25, -0.2) is 12.7 Å². The molecule has 0 unspecified atom stereocenters. The van der Waals surface area contributed by atoms with Crippen LogP contribution in [0.3, 0.4) is 0 Å². The van der Waals surface area contributed by atoms with Gasteiger partial charge in [0, 0.05) is 45.4 Å². The molecule has 124 valence electrons. The SMILES string of the molecule is CN(C)S(=O)(=O)C[C@@H]1COC[C@H]1NC(=O)CCn1cccn1. The molecule has 1 aromatic heterocycles. The molecule has 0 spiro atoms. The average Bonchev–Trinajstić information content (AvgIpc) is 3.08. The number of ether oxygens (including phenoxy) is 1. The van der Waals surface area contributed by atoms with Gasteiger partial charge in [0.15, 0.2) is 0 Å². The van der Waals surface area contributed by atoms with Crippen molar-refractivity contribution in [3.63, 3.8) is 0 Å². The lowest BCUT2D eigenvalue weighted by atomic mass is 10.1. The Morgan fingerprint density at radius 3 is 2.86 bits per heavy atom. The molecule has 22 heavy (non-hydrogen) atoms. The summed E-state index contributed by atoms with van der Waals surface area (Å²) in [6.07, 6.45) is 3.74. The summed E-state index contributed by atoms with van der Waals surface area (Å²) in [6.45, 7) is 1.19. The zero-order valence-electron chi connectivity index (χ0n) is 12.8. The molecule has 9 heteroatoms. The van der Waals surface area contributed by atoms with E-state index in [4.69, 9.17) is 4.74 Å². The van der Waals surface area contributed by atoms with Crippen molar-refractivity contribution in [2.24, 2.45) is 5.92 Å². The largest absolute Gasteiger partial charge is 0.379 e. The van der Waals surface area contributed by atoms with Gasteiger partial charge < -0.3 is 10.1 Å². The van der Waals surface area contributed by atoms with Crippen molar-refractivity contribution in [3.05, 3.63) is 18.5 Å². The van der Waals surface area contributed by atoms with Crippen LogP contribution in [0.15, 0.2) is 18.5 Å². The number of carbonyl (C=O) groups is 1. The van der Waals surface area contributed by atoms with E-state index >= 15 is 0 Å². The topological polar surface area (TPSA) is 93.5 Å². The molecule has 1 N–H and O–H groups in total. The number of nitrogens with zero attached hydrogens (tertiary/aromatic N) is 3. The van der Waals surface area contributed by atoms with Gasteiger partial charge in [-0.1, -0.05) is 0 Å². The van der Waals surface area contributed by atoms with E-state index in [1.165, 1.54) is 18.4 Å². The molecule has 1 fully saturated rings. The van der Waals surface area contributed by atoms with Crippen molar-refractivity contribution in [1.82, 2.24) is 19.4 Å². The van der Waals surface area contributed by atoms with Crippen LogP contribution in [0.5, 0.6) is 0 Å². The van der Waals surface area contributed by atoms with Crippen LogP contribution in [0.2, 0.25) is 0 Å². The van der Waals surface area contributed by atoms with Gasteiger partial charge in [0.25, 0.3) is 0 Å². The van der Waals surface area contributed by atoms with Crippen molar-refractivity contribution < 1.29 is 17.9 Å². The fourth-order valence-corrected chi connectivity index (χ4v) is 3.44. The number of carbonyl (C=O) groups excluding carboxylic acids is 1. The van der Waals surface area contributed by atoms with Gasteiger partial charge in [0.1, 0.15) is 0 Å². The molecule has 0 bridgehead atoms. The minimum atomic E-state index is -3.31. The molecular formula is C13H22N4O4S. The van der Waals surface area contributed by atoms with Crippen molar-refractivity contribution in [2.45, 2.75) is 19.0 Å². The molecule has 1 aromatic rings. The smallest absolute Gasteiger partial charge is 0.222 e. The summed E-state index contributed by atoms with van der Waals surface area (Å²) < 4.78 is 32.1. The average molecular weight is 330 g/mol. The summed E-state index contributed by atoms with van der Waals surface area (Å²) in [5, 5.41) is 6.89. The molecule has 1 amide bonds. The third-order valence-corrected chi connectivity index (χ3v) is 5.62. The molecule has 1 aliphatic heterocycles. The van der Waals surface area contributed by atoms with Crippen molar-refractivity contribution in [1.29, 1.82) is 0 Å². The van der Waals surface area contributed by atoms with Crippen LogP contribution in [-0.4, -0.2) is 67.5 Å². The first-order valence-electron chi connectivity index (χ1n) is 7.13. The number of aromatic nitrogens is 2. The first-order chi connectivity index (χ1) is 10.4. The quantitative estimate of drug-likeness (QED) is 0.713. The standard InChI is InChI=1S/C13H22N4O4S/c1-16(2)22(19,20)10-11-8-21-9-12(11)15-13(18)4-7-17-6-3-5-14-17/h3,5-6,11-12H,4,7-10H2,1-2H3,(H,15,18)/t11-,12+/m0/s1. The highest BCUT2D eigenvalue weighted by atomic mass is 32.2. The van der Waals surface area contributed by atoms with Gasteiger partial charge >= 0.3 is 0 Å². The number of hydrogen-bond acceptors (Lipinski definition) is 5. The fraction of sp³-hybridized carbons (Fsp3) is 0.692. The van der Waals surface area contributed by atoms with Crippen molar-refractivity contribution in [3.8, 4) is 0 Å². The number of rotatable bonds is 7. The summed E-state index contributed by atoms with van der Waals surface area (Å²) in [5.41, 5.74) is 0. The number of nitrogens with one attached hydrogen (secondary N) is 1. The second kappa shape index (κ2) is 7.21. The summed E-state index contributed by atoms with van der Waals surface area (Å²) in [4.78, 5) is 12.0. The lowest BCUT2D eigenvalue weighted by molar-refractivity contribution is -0.122. The number of hydrogen-bond donors (Lipinski definition) is 1. The van der Waals surface area contributed by atoms with Crippen LogP contribution in [-0.2, 0) is 26.1 Å². The highest BCUT2D eigenvalue weighted by Gasteiger charge is 2.33. The Bertz CT molecular complexity index is 585. The number of aryl methyl sites for hydroxylation is 1. The van der Waals surface area contributed by atoms with E-state index in [1.54, 1.807) is 23.1 Å². The first-order valence-corrected chi connectivity index (χ1v) is 8.74. The molecule has 1 aliphatic rings. The van der Waals surface area contributed by atoms with Gasteiger partial charge in [-0.05, 0) is 6.07 Å². The summed E-state index contributed by atoms with van der Waals surface area (Å²) >= 11 is 0. The third-order valence-electron chi connectivity index (χ3n) is 3.65. The minimum absolute atomic E-state index is 0.0237. The Labute approximate surface area is 130 Å². The zero-order valence-corrected chi connectivity index (χ0v) is 13.6. The van der Waals surface area contributed by atoms with Gasteiger partial charge in [-0.2, -0.15) is 5.10 Å². The molecule has 2 atom stereocenters. The van der Waals surface area contributed by atoms with E-state index in [9.17, 15) is 13.2 Å². The van der Waals surface area contributed by atoms with E-state index in [-0.39, 0.29) is 23.6 Å². The summed E-state index contributed by atoms with van der Waals surface area (Å²) in [7, 11) is -0.305. The highest BCUT2D eigenvalue weighted by molar-refractivity contribution is 7.89. The van der Waals surface area contributed by atoms with Crippen molar-refractivity contribution in [2.75, 3.05) is 33.1 Å².